The monoisotopic (exact) mass is 278 g/mol. The fourth-order valence-corrected chi connectivity index (χ4v) is 1.61. The molecule has 5 nitrogen and oxygen atoms in total. The number of ether oxygens (including phenoxy) is 1. The lowest BCUT2D eigenvalue weighted by atomic mass is 9.87. The largest absolute Gasteiger partial charge is 0.481 e. The molecule has 2 amide bonds. The molecule has 0 bridgehead atoms. The summed E-state index contributed by atoms with van der Waals surface area (Å²) in [6.07, 6.45) is -0.685. The highest BCUT2D eigenvalue weighted by molar-refractivity contribution is 5.86. The lowest BCUT2D eigenvalue weighted by Crippen LogP contribution is -2.40. The molecular weight excluding hydrogens is 256 g/mol. The van der Waals surface area contributed by atoms with E-state index < -0.39 is 12.0 Å². The van der Waals surface area contributed by atoms with Crippen LogP contribution in [0.5, 0.6) is 5.75 Å². The first-order valence-electron chi connectivity index (χ1n) is 6.53. The van der Waals surface area contributed by atoms with Crippen LogP contribution in [0.2, 0.25) is 0 Å². The van der Waals surface area contributed by atoms with Crippen LogP contribution in [0, 0.1) is 0 Å². The maximum Gasteiger partial charge on any atom is 0.261 e. The Morgan fingerprint density at radius 1 is 1.25 bits per heavy atom. The van der Waals surface area contributed by atoms with Crippen LogP contribution < -0.4 is 15.8 Å². The van der Waals surface area contributed by atoms with Gasteiger partial charge in [-0.05, 0) is 30.0 Å². The highest BCUT2D eigenvalue weighted by atomic mass is 16.5. The van der Waals surface area contributed by atoms with Crippen molar-refractivity contribution in [3.63, 3.8) is 0 Å². The highest BCUT2D eigenvalue weighted by Gasteiger charge is 2.16. The van der Waals surface area contributed by atoms with Crippen LogP contribution in [-0.2, 0) is 15.0 Å². The lowest BCUT2D eigenvalue weighted by Gasteiger charge is -2.20. The summed E-state index contributed by atoms with van der Waals surface area (Å²) >= 11 is 0. The van der Waals surface area contributed by atoms with E-state index in [-0.39, 0.29) is 17.9 Å². The third-order valence-corrected chi connectivity index (χ3v) is 2.84. The predicted octanol–water partition coefficient (Wildman–Crippen LogP) is 1.35. The Morgan fingerprint density at radius 2 is 1.80 bits per heavy atom. The molecule has 0 unspecified atom stereocenters. The van der Waals surface area contributed by atoms with E-state index in [2.05, 4.69) is 26.1 Å². The number of nitrogens with two attached hydrogens (primary N) is 1. The molecule has 0 spiro atoms. The first-order valence-corrected chi connectivity index (χ1v) is 6.53. The summed E-state index contributed by atoms with van der Waals surface area (Å²) in [5.74, 6) is -0.344. The molecule has 0 aliphatic heterocycles. The maximum atomic E-state index is 11.6. The molecule has 0 heterocycles. The molecule has 1 atom stereocenters. The topological polar surface area (TPSA) is 81.4 Å². The van der Waals surface area contributed by atoms with E-state index in [0.29, 0.717) is 5.75 Å². The number of benzene rings is 1. The molecule has 110 valence electrons. The average Bonchev–Trinajstić information content (AvgIpc) is 2.35. The lowest BCUT2D eigenvalue weighted by molar-refractivity contribution is -0.129. The quantitative estimate of drug-likeness (QED) is 0.853. The Morgan fingerprint density at radius 3 is 2.25 bits per heavy atom. The Bertz CT molecular complexity index is 475. The zero-order valence-electron chi connectivity index (χ0n) is 12.4. The summed E-state index contributed by atoms with van der Waals surface area (Å²) in [4.78, 5) is 22.2. The second-order valence-electron chi connectivity index (χ2n) is 5.72. The van der Waals surface area contributed by atoms with Crippen molar-refractivity contribution in [3.05, 3.63) is 29.8 Å². The first kappa shape index (κ1) is 16.0. The van der Waals surface area contributed by atoms with Crippen molar-refractivity contribution in [2.75, 3.05) is 6.54 Å². The Kier molecular flexibility index (Phi) is 5.13. The van der Waals surface area contributed by atoms with Gasteiger partial charge in [-0.25, -0.2) is 0 Å². The van der Waals surface area contributed by atoms with Gasteiger partial charge in [0, 0.05) is 0 Å². The number of carbonyl (C=O) groups excluding carboxylic acids is 2. The van der Waals surface area contributed by atoms with Crippen molar-refractivity contribution in [1.82, 2.24) is 5.32 Å². The number of hydrogen-bond acceptors (Lipinski definition) is 3. The molecule has 0 radical (unpaired) electrons. The van der Waals surface area contributed by atoms with E-state index in [1.165, 1.54) is 5.56 Å². The fourth-order valence-electron chi connectivity index (χ4n) is 1.61. The van der Waals surface area contributed by atoms with Gasteiger partial charge in [0.1, 0.15) is 5.75 Å². The zero-order chi connectivity index (χ0) is 15.3. The minimum absolute atomic E-state index is 0.0724. The van der Waals surface area contributed by atoms with Crippen molar-refractivity contribution >= 4 is 11.8 Å². The minimum atomic E-state index is -0.685. The third-order valence-electron chi connectivity index (χ3n) is 2.84. The Hall–Kier alpha value is -2.04. The van der Waals surface area contributed by atoms with Crippen LogP contribution >= 0.6 is 0 Å². The van der Waals surface area contributed by atoms with Crippen LogP contribution in [0.1, 0.15) is 33.3 Å². The maximum absolute atomic E-state index is 11.6. The average molecular weight is 278 g/mol. The molecule has 0 aliphatic carbocycles. The van der Waals surface area contributed by atoms with E-state index >= 15 is 0 Å². The van der Waals surface area contributed by atoms with Crippen LogP contribution in [0.3, 0.4) is 0 Å². The smallest absolute Gasteiger partial charge is 0.261 e. The van der Waals surface area contributed by atoms with Gasteiger partial charge in [-0.15, -0.1) is 0 Å². The van der Waals surface area contributed by atoms with Crippen LogP contribution in [0.15, 0.2) is 24.3 Å². The van der Waals surface area contributed by atoms with Crippen LogP contribution in [0.4, 0.5) is 0 Å². The van der Waals surface area contributed by atoms with Crippen LogP contribution in [-0.4, -0.2) is 24.5 Å². The molecule has 1 aromatic rings. The number of primary amides is 1. The molecule has 5 heteroatoms. The Labute approximate surface area is 119 Å². The molecule has 0 fully saturated rings. The van der Waals surface area contributed by atoms with Gasteiger partial charge in [0.05, 0.1) is 6.54 Å². The number of nitrogens with one attached hydrogen (secondary N) is 1. The van der Waals surface area contributed by atoms with E-state index in [4.69, 9.17) is 10.5 Å². The summed E-state index contributed by atoms with van der Waals surface area (Å²) in [6.45, 7) is 7.82. The fraction of sp³-hybridized carbons (Fsp3) is 0.467. The van der Waals surface area contributed by atoms with Gasteiger partial charge in [-0.3, -0.25) is 9.59 Å². The number of rotatable bonds is 5. The van der Waals surface area contributed by atoms with Crippen molar-refractivity contribution in [1.29, 1.82) is 0 Å². The van der Waals surface area contributed by atoms with E-state index in [0.717, 1.165) is 0 Å². The number of hydrogen-bond donors (Lipinski definition) is 2. The standard InChI is InChI=1S/C15H22N2O3/c1-10(14(19)17-9-13(16)18)20-12-7-5-11(6-8-12)15(2,3)4/h5-8,10H,9H2,1-4H3,(H2,16,18)(H,17,19)/t10-/m1/s1. The minimum Gasteiger partial charge on any atom is -0.481 e. The van der Waals surface area contributed by atoms with Crippen molar-refractivity contribution in [3.8, 4) is 5.75 Å². The first-order chi connectivity index (χ1) is 9.20. The van der Waals surface area contributed by atoms with Gasteiger partial charge < -0.3 is 15.8 Å². The van der Waals surface area contributed by atoms with E-state index in [9.17, 15) is 9.59 Å². The molecule has 1 aromatic carbocycles. The zero-order valence-corrected chi connectivity index (χ0v) is 12.4. The summed E-state index contributed by atoms with van der Waals surface area (Å²) in [5.41, 5.74) is 6.22. The van der Waals surface area contributed by atoms with Gasteiger partial charge in [0.2, 0.25) is 5.91 Å². The van der Waals surface area contributed by atoms with Gasteiger partial charge in [0.15, 0.2) is 6.10 Å². The number of amides is 2. The summed E-state index contributed by atoms with van der Waals surface area (Å²) < 4.78 is 5.51. The van der Waals surface area contributed by atoms with Crippen molar-refractivity contribution in [2.45, 2.75) is 39.2 Å². The molecule has 0 saturated heterocycles. The number of carbonyl (C=O) groups is 2. The van der Waals surface area contributed by atoms with Gasteiger partial charge in [-0.2, -0.15) is 0 Å². The molecule has 3 N–H and O–H groups in total. The predicted molar refractivity (Wildman–Crippen MR) is 77.4 cm³/mol. The summed E-state index contributed by atoms with van der Waals surface area (Å²) in [7, 11) is 0. The second-order valence-corrected chi connectivity index (χ2v) is 5.72. The van der Waals surface area contributed by atoms with Crippen LogP contribution in [0.25, 0.3) is 0 Å². The Balaban J connectivity index is 2.60. The van der Waals surface area contributed by atoms with Gasteiger partial charge in [-0.1, -0.05) is 32.9 Å². The van der Waals surface area contributed by atoms with E-state index in [1.54, 1.807) is 6.92 Å². The molecule has 0 saturated carbocycles. The molecule has 1 rings (SSSR count). The molecular formula is C15H22N2O3. The second kappa shape index (κ2) is 6.41. The van der Waals surface area contributed by atoms with Crippen molar-refractivity contribution < 1.29 is 14.3 Å². The highest BCUT2D eigenvalue weighted by Crippen LogP contribution is 2.24. The molecule has 0 aliphatic rings. The van der Waals surface area contributed by atoms with E-state index in [1.807, 2.05) is 24.3 Å². The SMILES string of the molecule is C[C@@H](Oc1ccc(C(C)(C)C)cc1)C(=O)NCC(N)=O. The molecule has 20 heavy (non-hydrogen) atoms. The normalized spacial score (nSPS) is 12.6. The molecule has 0 aromatic heterocycles. The van der Waals surface area contributed by atoms with Gasteiger partial charge >= 0.3 is 0 Å². The third kappa shape index (κ3) is 4.91. The summed E-state index contributed by atoms with van der Waals surface area (Å²) in [5, 5.41) is 2.40. The van der Waals surface area contributed by atoms with Gasteiger partial charge in [0.25, 0.3) is 5.91 Å². The summed E-state index contributed by atoms with van der Waals surface area (Å²) in [6, 6.07) is 7.61. The van der Waals surface area contributed by atoms with Crippen molar-refractivity contribution in [2.24, 2.45) is 5.73 Å².